The van der Waals surface area contributed by atoms with Crippen LogP contribution >= 0.6 is 11.6 Å². The van der Waals surface area contributed by atoms with Gasteiger partial charge in [0.15, 0.2) is 12.4 Å². The molecule has 320 valence electrons. The van der Waals surface area contributed by atoms with Crippen LogP contribution in [0.5, 0.6) is 5.75 Å². The van der Waals surface area contributed by atoms with Crippen molar-refractivity contribution < 1.29 is 28.7 Å². The summed E-state index contributed by atoms with van der Waals surface area (Å²) in [7, 11) is 1.51. The van der Waals surface area contributed by atoms with E-state index in [-0.39, 0.29) is 47.8 Å². The van der Waals surface area contributed by atoms with Gasteiger partial charge < -0.3 is 29.7 Å². The lowest BCUT2D eigenvalue weighted by atomic mass is 9.78. The van der Waals surface area contributed by atoms with E-state index in [1.807, 2.05) is 37.3 Å². The monoisotopic (exact) mass is 851 g/mol. The predicted octanol–water partition coefficient (Wildman–Crippen LogP) is 4.16. The Bertz CT molecular complexity index is 2490. The van der Waals surface area contributed by atoms with Crippen LogP contribution in [0.25, 0.3) is 10.9 Å². The number of benzene rings is 2. The molecule has 3 saturated heterocycles. The van der Waals surface area contributed by atoms with Gasteiger partial charge in [-0.2, -0.15) is 0 Å². The number of aryl methyl sites for hydroxylation is 1. The molecule has 0 bridgehead atoms. The highest BCUT2D eigenvalue weighted by molar-refractivity contribution is 6.33. The third kappa shape index (κ3) is 8.01. The van der Waals surface area contributed by atoms with Crippen LogP contribution in [-0.4, -0.2) is 113 Å². The number of halogens is 1. The summed E-state index contributed by atoms with van der Waals surface area (Å²) in [6, 6.07) is 13.7. The molecule has 0 saturated carbocycles. The lowest BCUT2D eigenvalue weighted by Gasteiger charge is -2.50. The van der Waals surface area contributed by atoms with Gasteiger partial charge in [0.1, 0.15) is 11.9 Å². The number of amides is 5. The van der Waals surface area contributed by atoms with Crippen LogP contribution in [-0.2, 0) is 20.9 Å². The van der Waals surface area contributed by atoms with E-state index in [1.54, 1.807) is 29.0 Å². The van der Waals surface area contributed by atoms with Gasteiger partial charge in [-0.25, -0.2) is 4.98 Å². The molecule has 61 heavy (non-hydrogen) atoms. The third-order valence-electron chi connectivity index (χ3n) is 12.8. The lowest BCUT2D eigenvalue weighted by molar-refractivity contribution is -0.136. The number of carbonyl (C=O) groups is 5. The average molecular weight is 852 g/mol. The Labute approximate surface area is 358 Å². The summed E-state index contributed by atoms with van der Waals surface area (Å²) in [5, 5.41) is 9.42. The minimum atomic E-state index is -0.989. The maximum Gasteiger partial charge on any atom is 0.293 e. The van der Waals surface area contributed by atoms with Crippen molar-refractivity contribution >= 4 is 74.9 Å². The molecule has 5 amide bonds. The normalized spacial score (nSPS) is 19.0. The van der Waals surface area contributed by atoms with Crippen LogP contribution in [0, 0.1) is 5.92 Å². The first-order chi connectivity index (χ1) is 29.3. The molecule has 0 aliphatic carbocycles. The van der Waals surface area contributed by atoms with Gasteiger partial charge in [0, 0.05) is 87.6 Å². The van der Waals surface area contributed by atoms with E-state index in [2.05, 4.69) is 49.5 Å². The van der Waals surface area contributed by atoms with Gasteiger partial charge in [-0.05, 0) is 88.4 Å². The lowest BCUT2D eigenvalue weighted by Crippen LogP contribution is -2.59. The Balaban J connectivity index is 0.881. The summed E-state index contributed by atoms with van der Waals surface area (Å²) in [4.78, 5) is 88.5. The summed E-state index contributed by atoms with van der Waals surface area (Å²) in [5.41, 5.74) is 3.30. The molecule has 1 unspecified atom stereocenters. The minimum absolute atomic E-state index is 0.0622. The van der Waals surface area contributed by atoms with Gasteiger partial charge in [-0.15, -0.1) is 0 Å². The zero-order valence-corrected chi connectivity index (χ0v) is 35.5. The summed E-state index contributed by atoms with van der Waals surface area (Å²) in [6.45, 7) is 11.6. The molecular weight excluding hydrogens is 802 g/mol. The number of hydrogen-bond donors (Lipinski definition) is 3. The van der Waals surface area contributed by atoms with Crippen molar-refractivity contribution in [1.82, 2.24) is 30.0 Å². The van der Waals surface area contributed by atoms with E-state index in [9.17, 15) is 28.8 Å². The Morgan fingerprint density at radius 1 is 0.902 bits per heavy atom. The maximum absolute atomic E-state index is 13.4. The number of imide groups is 2. The Morgan fingerprint density at radius 2 is 1.64 bits per heavy atom. The SMILES string of the molecule is CCn1c(=O)c(OCC(=O)NC)cc2cc(Nc3cc(N4CCN(C(C)(C)C5CCN(c6ccc7c(c6)C(=O)N(C6CCC(=O)NC6=O)C7=O)CC5)CC4)ncc3Cl)ccc21. The largest absolute Gasteiger partial charge is 0.478 e. The van der Waals surface area contributed by atoms with E-state index >= 15 is 0 Å². The zero-order valence-electron chi connectivity index (χ0n) is 34.8. The zero-order chi connectivity index (χ0) is 43.2. The van der Waals surface area contributed by atoms with Gasteiger partial charge >= 0.3 is 0 Å². The molecule has 4 aliphatic rings. The number of anilines is 4. The highest BCUT2D eigenvalue weighted by atomic mass is 35.5. The Morgan fingerprint density at radius 3 is 2.34 bits per heavy atom. The highest BCUT2D eigenvalue weighted by Gasteiger charge is 2.45. The number of pyridine rings is 2. The van der Waals surface area contributed by atoms with Gasteiger partial charge in [0.05, 0.1) is 33.6 Å². The number of nitrogens with one attached hydrogen (secondary N) is 3. The summed E-state index contributed by atoms with van der Waals surface area (Å²) < 4.78 is 7.20. The second-order valence-corrected chi connectivity index (χ2v) is 16.9. The fourth-order valence-corrected chi connectivity index (χ4v) is 9.34. The molecule has 3 fully saturated rings. The Kier molecular flexibility index (Phi) is 11.5. The van der Waals surface area contributed by atoms with Crippen LogP contribution in [0.3, 0.4) is 0 Å². The van der Waals surface area contributed by atoms with Crippen molar-refractivity contribution in [2.45, 2.75) is 64.6 Å². The van der Waals surface area contributed by atoms with Crippen LogP contribution < -0.4 is 36.0 Å². The first-order valence-electron chi connectivity index (χ1n) is 20.8. The summed E-state index contributed by atoms with van der Waals surface area (Å²) in [5.74, 6) is -0.985. The molecule has 4 aromatic rings. The fraction of sp³-hybridized carbons (Fsp3) is 0.432. The maximum atomic E-state index is 13.4. The van der Waals surface area contributed by atoms with Gasteiger partial charge in [-0.3, -0.25) is 43.9 Å². The van der Waals surface area contributed by atoms with Crippen molar-refractivity contribution in [3.63, 3.8) is 0 Å². The van der Waals surface area contributed by atoms with Gasteiger partial charge in [0.25, 0.3) is 23.3 Å². The predicted molar refractivity (Wildman–Crippen MR) is 232 cm³/mol. The first kappa shape index (κ1) is 41.7. The van der Waals surface area contributed by atoms with Crippen molar-refractivity contribution in [3.8, 4) is 5.75 Å². The second-order valence-electron chi connectivity index (χ2n) is 16.5. The highest BCUT2D eigenvalue weighted by Crippen LogP contribution is 2.38. The number of rotatable bonds is 11. The van der Waals surface area contributed by atoms with Crippen molar-refractivity contribution in [1.29, 1.82) is 0 Å². The van der Waals surface area contributed by atoms with E-state index in [4.69, 9.17) is 16.3 Å². The van der Waals surface area contributed by atoms with Crippen molar-refractivity contribution in [2.75, 3.05) is 68.0 Å². The van der Waals surface area contributed by atoms with Gasteiger partial charge in [0.2, 0.25) is 11.8 Å². The smallest absolute Gasteiger partial charge is 0.293 e. The Hall–Kier alpha value is -6.00. The molecule has 4 aliphatic heterocycles. The van der Waals surface area contributed by atoms with Crippen LogP contribution in [0.4, 0.5) is 22.9 Å². The van der Waals surface area contributed by atoms with E-state index < -0.39 is 29.7 Å². The van der Waals surface area contributed by atoms with Crippen molar-refractivity contribution in [3.05, 3.63) is 81.2 Å². The molecule has 2 aromatic heterocycles. The molecule has 17 heteroatoms. The number of carbonyl (C=O) groups excluding carboxylic acids is 5. The molecule has 6 heterocycles. The number of piperidine rings is 2. The van der Waals surface area contributed by atoms with Crippen molar-refractivity contribution in [2.24, 2.45) is 5.92 Å². The number of nitrogens with zero attached hydrogens (tertiary/aromatic N) is 6. The first-order valence-corrected chi connectivity index (χ1v) is 21.2. The average Bonchev–Trinajstić information content (AvgIpc) is 3.51. The second kappa shape index (κ2) is 16.8. The molecular formula is C44H50ClN9O7. The number of aromatic nitrogens is 2. The minimum Gasteiger partial charge on any atom is -0.478 e. The van der Waals surface area contributed by atoms with E-state index in [0.717, 1.165) is 85.1 Å². The fourth-order valence-electron chi connectivity index (χ4n) is 9.19. The summed E-state index contributed by atoms with van der Waals surface area (Å²) in [6.07, 6.45) is 3.79. The number of ether oxygens (including phenoxy) is 1. The van der Waals surface area contributed by atoms with E-state index in [0.29, 0.717) is 28.7 Å². The molecule has 16 nitrogen and oxygen atoms in total. The van der Waals surface area contributed by atoms with E-state index in [1.165, 1.54) is 7.05 Å². The quantitative estimate of drug-likeness (QED) is 0.184. The number of fused-ring (bicyclic) bond motifs is 2. The molecule has 3 N–H and O–H groups in total. The molecule has 0 spiro atoms. The molecule has 1 atom stereocenters. The number of piperazine rings is 1. The third-order valence-corrected chi connectivity index (χ3v) is 13.1. The van der Waals surface area contributed by atoms with Crippen LogP contribution in [0.15, 0.2) is 59.5 Å². The molecule has 8 rings (SSSR count). The number of likely N-dealkylation sites (N-methyl/N-ethyl adjacent to an activating group) is 1. The van der Waals surface area contributed by atoms with Crippen LogP contribution in [0.2, 0.25) is 5.02 Å². The number of hydrogen-bond acceptors (Lipinski definition) is 12. The summed E-state index contributed by atoms with van der Waals surface area (Å²) >= 11 is 6.67. The molecule has 0 radical (unpaired) electrons. The standard InChI is InChI=1S/C44H50ClN9O7/c1-5-53-34-9-6-28(20-26(34)21-36(43(53)60)61-25-39(56)46-4)48-33-23-37(47-24-32(33)45)51-16-18-52(19-17-51)44(2,3)27-12-14-50(15-13-27)29-7-8-30-31(22-29)42(59)54(41(30)58)35-10-11-38(55)49-40(35)57/h6-9,20-24,27,35H,5,10-19,25H2,1-4H3,(H,46,56)(H,47,48)(H,49,55,57). The topological polar surface area (TPSA) is 179 Å². The molecule has 2 aromatic carbocycles. The van der Waals surface area contributed by atoms with Crippen LogP contribution in [0.1, 0.15) is 67.2 Å². The van der Waals surface area contributed by atoms with Gasteiger partial charge in [-0.1, -0.05) is 11.6 Å².